The van der Waals surface area contributed by atoms with Gasteiger partial charge in [0.1, 0.15) is 0 Å². The molecule has 36 heavy (non-hydrogen) atoms. The van der Waals surface area contributed by atoms with Crippen LogP contribution in [0.1, 0.15) is 56.5 Å². The number of hydrogen-bond donors (Lipinski definition) is 1. The maximum Gasteiger partial charge on any atom is 0.306 e. The zero-order valence-corrected chi connectivity index (χ0v) is 21.9. The van der Waals surface area contributed by atoms with Crippen molar-refractivity contribution in [2.75, 3.05) is 44.6 Å². The molecule has 2 heterocycles. The molecule has 0 spiro atoms. The Balaban J connectivity index is 1.32. The first-order chi connectivity index (χ1) is 17.0. The highest BCUT2D eigenvalue weighted by atomic mass is 16.5. The van der Waals surface area contributed by atoms with E-state index in [2.05, 4.69) is 15.5 Å². The molecule has 1 aromatic heterocycles. The summed E-state index contributed by atoms with van der Waals surface area (Å²) in [6.45, 7) is 12.1. The third kappa shape index (κ3) is 7.87. The number of rotatable bonds is 9. The molecule has 2 aromatic rings. The van der Waals surface area contributed by atoms with Crippen LogP contribution >= 0.6 is 0 Å². The molecule has 1 fully saturated rings. The first-order valence-electron chi connectivity index (χ1n) is 12.4. The van der Waals surface area contributed by atoms with Crippen molar-refractivity contribution < 1.29 is 23.6 Å². The summed E-state index contributed by atoms with van der Waals surface area (Å²) in [6.07, 6.45) is 1.15. The largest absolute Gasteiger partial charge is 0.456 e. The van der Waals surface area contributed by atoms with E-state index in [0.29, 0.717) is 50.7 Å². The van der Waals surface area contributed by atoms with E-state index in [1.165, 1.54) is 0 Å². The van der Waals surface area contributed by atoms with Gasteiger partial charge in [-0.3, -0.25) is 19.3 Å². The quantitative estimate of drug-likeness (QED) is 0.523. The number of hydrogen-bond acceptors (Lipinski definition) is 8. The fraction of sp³-hybridized carbons (Fsp3) is 0.577. The van der Waals surface area contributed by atoms with Gasteiger partial charge in [0.2, 0.25) is 11.8 Å². The third-order valence-electron chi connectivity index (χ3n) is 6.10. The van der Waals surface area contributed by atoms with E-state index in [0.717, 1.165) is 16.8 Å². The Labute approximate surface area is 212 Å². The average Bonchev–Trinajstić information content (AvgIpc) is 3.30. The van der Waals surface area contributed by atoms with Crippen molar-refractivity contribution in [1.82, 2.24) is 19.9 Å². The number of ether oxygens (including phenoxy) is 1. The van der Waals surface area contributed by atoms with Crippen molar-refractivity contribution in [3.63, 3.8) is 0 Å². The number of nitrogens with one attached hydrogen (secondary N) is 1. The number of aromatic nitrogens is 2. The summed E-state index contributed by atoms with van der Waals surface area (Å²) in [5.74, 6) is 0.392. The molecular formula is C26H37N5O5. The topological polar surface area (TPSA) is 118 Å². The molecule has 1 aliphatic heterocycles. The summed E-state index contributed by atoms with van der Waals surface area (Å²) in [7, 11) is 0. The maximum absolute atomic E-state index is 12.5. The monoisotopic (exact) mass is 499 g/mol. The SMILES string of the molecule is Cc1cccc(C)c1NC(=O)CN1CCN(C(=O)COC(=O)CCCc2nc(C(C)(C)C)no2)CC1. The molecule has 0 saturated carbocycles. The van der Waals surface area contributed by atoms with Crippen molar-refractivity contribution in [3.8, 4) is 0 Å². The van der Waals surface area contributed by atoms with Gasteiger partial charge in [0.05, 0.1) is 6.54 Å². The highest BCUT2D eigenvalue weighted by Gasteiger charge is 2.24. The number of amides is 2. The number of nitrogens with zero attached hydrogens (tertiary/aromatic N) is 4. The zero-order valence-electron chi connectivity index (χ0n) is 21.9. The van der Waals surface area contributed by atoms with E-state index in [-0.39, 0.29) is 36.8 Å². The number of aryl methyl sites for hydroxylation is 3. The summed E-state index contributed by atoms with van der Waals surface area (Å²) in [5.41, 5.74) is 2.71. The maximum atomic E-state index is 12.5. The third-order valence-corrected chi connectivity index (χ3v) is 6.10. The molecule has 196 valence electrons. The van der Waals surface area contributed by atoms with Gasteiger partial charge < -0.3 is 19.5 Å². The van der Waals surface area contributed by atoms with Crippen LogP contribution in [0.3, 0.4) is 0 Å². The Morgan fingerprint density at radius 3 is 2.36 bits per heavy atom. The average molecular weight is 500 g/mol. The van der Waals surface area contributed by atoms with Crippen LogP contribution in [0, 0.1) is 13.8 Å². The van der Waals surface area contributed by atoms with Gasteiger partial charge in [0, 0.05) is 50.1 Å². The van der Waals surface area contributed by atoms with E-state index < -0.39 is 5.97 Å². The van der Waals surface area contributed by atoms with Crippen molar-refractivity contribution in [1.29, 1.82) is 0 Å². The molecule has 0 bridgehead atoms. The predicted molar refractivity (Wildman–Crippen MR) is 134 cm³/mol. The summed E-state index contributed by atoms with van der Waals surface area (Å²) >= 11 is 0. The molecule has 10 heteroatoms. The molecule has 1 aromatic carbocycles. The number of carbonyl (C=O) groups is 3. The molecule has 0 unspecified atom stereocenters. The Bertz CT molecular complexity index is 1050. The van der Waals surface area contributed by atoms with E-state index in [1.807, 2.05) is 57.7 Å². The number of para-hydroxylation sites is 1. The smallest absolute Gasteiger partial charge is 0.306 e. The lowest BCUT2D eigenvalue weighted by Crippen LogP contribution is -2.51. The van der Waals surface area contributed by atoms with Gasteiger partial charge in [-0.05, 0) is 31.4 Å². The lowest BCUT2D eigenvalue weighted by Gasteiger charge is -2.34. The second kappa shape index (κ2) is 12.1. The summed E-state index contributed by atoms with van der Waals surface area (Å²) in [4.78, 5) is 45.0. The molecule has 0 atom stereocenters. The zero-order chi connectivity index (χ0) is 26.3. The van der Waals surface area contributed by atoms with Crippen LogP contribution in [0.15, 0.2) is 22.7 Å². The van der Waals surface area contributed by atoms with Gasteiger partial charge in [0.25, 0.3) is 5.91 Å². The van der Waals surface area contributed by atoms with E-state index >= 15 is 0 Å². The molecule has 1 N–H and O–H groups in total. The van der Waals surface area contributed by atoms with E-state index in [9.17, 15) is 14.4 Å². The number of anilines is 1. The minimum atomic E-state index is -0.430. The molecule has 0 aliphatic carbocycles. The van der Waals surface area contributed by atoms with Gasteiger partial charge >= 0.3 is 5.97 Å². The van der Waals surface area contributed by atoms with Crippen LogP contribution < -0.4 is 5.32 Å². The molecule has 0 radical (unpaired) electrons. The molecule has 2 amide bonds. The van der Waals surface area contributed by atoms with Crippen LogP contribution in [0.5, 0.6) is 0 Å². The molecule has 3 rings (SSSR count). The summed E-state index contributed by atoms with van der Waals surface area (Å²) < 4.78 is 10.4. The van der Waals surface area contributed by atoms with Gasteiger partial charge in [-0.25, -0.2) is 0 Å². The van der Waals surface area contributed by atoms with Crippen LogP contribution in [0.2, 0.25) is 0 Å². The number of carbonyl (C=O) groups excluding carboxylic acids is 3. The predicted octanol–water partition coefficient (Wildman–Crippen LogP) is 2.63. The van der Waals surface area contributed by atoms with Gasteiger partial charge in [0.15, 0.2) is 12.4 Å². The standard InChI is InChI=1S/C26H37N5O5/c1-18-8-6-9-19(2)24(18)27-20(32)16-30-12-14-31(15-13-30)22(33)17-35-23(34)11-7-10-21-28-25(29-36-21)26(3,4)5/h6,8-9H,7,10-17H2,1-5H3,(H,27,32). The van der Waals surface area contributed by atoms with Crippen LogP contribution in [-0.2, 0) is 31.0 Å². The highest BCUT2D eigenvalue weighted by Crippen LogP contribution is 2.20. The summed E-state index contributed by atoms with van der Waals surface area (Å²) in [5, 5.41) is 6.96. The first-order valence-corrected chi connectivity index (χ1v) is 12.4. The van der Waals surface area contributed by atoms with E-state index in [4.69, 9.17) is 9.26 Å². The fourth-order valence-electron chi connectivity index (χ4n) is 3.90. The van der Waals surface area contributed by atoms with Crippen LogP contribution in [0.4, 0.5) is 5.69 Å². The van der Waals surface area contributed by atoms with Crippen molar-refractivity contribution >= 4 is 23.5 Å². The van der Waals surface area contributed by atoms with Crippen molar-refractivity contribution in [3.05, 3.63) is 41.0 Å². The Morgan fingerprint density at radius 2 is 1.75 bits per heavy atom. The Morgan fingerprint density at radius 1 is 1.08 bits per heavy atom. The van der Waals surface area contributed by atoms with Crippen molar-refractivity contribution in [2.45, 2.75) is 59.3 Å². The minimum absolute atomic E-state index is 0.0729. The molecule has 10 nitrogen and oxygen atoms in total. The second-order valence-corrected chi connectivity index (χ2v) is 10.2. The van der Waals surface area contributed by atoms with Crippen LogP contribution in [-0.4, -0.2) is 77.1 Å². The first kappa shape index (κ1) is 27.3. The Hall–Kier alpha value is -3.27. The lowest BCUT2D eigenvalue weighted by atomic mass is 9.96. The van der Waals surface area contributed by atoms with E-state index in [1.54, 1.807) is 4.90 Å². The normalized spacial score (nSPS) is 14.5. The van der Waals surface area contributed by atoms with Gasteiger partial charge in [-0.15, -0.1) is 0 Å². The number of benzene rings is 1. The van der Waals surface area contributed by atoms with Gasteiger partial charge in [-0.2, -0.15) is 4.98 Å². The minimum Gasteiger partial charge on any atom is -0.456 e. The highest BCUT2D eigenvalue weighted by molar-refractivity contribution is 5.93. The number of piperazine rings is 1. The Kier molecular flexibility index (Phi) is 9.19. The van der Waals surface area contributed by atoms with Gasteiger partial charge in [-0.1, -0.05) is 44.1 Å². The second-order valence-electron chi connectivity index (χ2n) is 10.2. The number of esters is 1. The lowest BCUT2D eigenvalue weighted by molar-refractivity contribution is -0.152. The molecule has 1 saturated heterocycles. The molecular weight excluding hydrogens is 462 g/mol. The summed E-state index contributed by atoms with van der Waals surface area (Å²) in [6, 6.07) is 5.90. The van der Waals surface area contributed by atoms with Crippen molar-refractivity contribution in [2.24, 2.45) is 0 Å². The molecule has 1 aliphatic rings. The fourth-order valence-corrected chi connectivity index (χ4v) is 3.90. The van der Waals surface area contributed by atoms with Crippen LogP contribution in [0.25, 0.3) is 0 Å².